The first-order valence-electron chi connectivity index (χ1n) is 7.08. The zero-order chi connectivity index (χ0) is 16.4. The fourth-order valence-corrected chi connectivity index (χ4v) is 2.28. The number of hydrogen-bond acceptors (Lipinski definition) is 4. The molecule has 0 heterocycles. The minimum absolute atomic E-state index is 0.606. The molecule has 0 unspecified atom stereocenters. The Morgan fingerprint density at radius 1 is 1.18 bits per heavy atom. The third-order valence-electron chi connectivity index (χ3n) is 2.97. The minimum Gasteiger partial charge on any atom is -0.493 e. The summed E-state index contributed by atoms with van der Waals surface area (Å²) in [5.74, 6) is 2.11. The maximum atomic E-state index is 5.32. The molecule has 0 aliphatic heterocycles. The summed E-state index contributed by atoms with van der Waals surface area (Å²) in [4.78, 5) is 4.17. The van der Waals surface area contributed by atoms with Crippen LogP contribution in [0, 0.1) is 0 Å². The zero-order valence-electron chi connectivity index (χ0n) is 13.5. The normalized spacial score (nSPS) is 11.2. The molecule has 0 radical (unpaired) electrons. The van der Waals surface area contributed by atoms with Crippen LogP contribution in [0.2, 0.25) is 0 Å². The number of benzene rings is 1. The molecule has 0 bridgehead atoms. The molecule has 2 N–H and O–H groups in total. The van der Waals surface area contributed by atoms with E-state index in [4.69, 9.17) is 14.2 Å². The molecule has 0 fully saturated rings. The van der Waals surface area contributed by atoms with Gasteiger partial charge in [-0.1, -0.05) is 15.9 Å². The van der Waals surface area contributed by atoms with Gasteiger partial charge in [-0.05, 0) is 24.6 Å². The SMILES string of the molecule is CCOCCNC(=NC)NCc1cc(OC)c(OC)cc1Br. The summed E-state index contributed by atoms with van der Waals surface area (Å²) in [7, 11) is 4.98. The van der Waals surface area contributed by atoms with E-state index in [1.165, 1.54) is 0 Å². The average Bonchev–Trinajstić information content (AvgIpc) is 2.54. The Balaban J connectivity index is 2.62. The highest BCUT2D eigenvalue weighted by Crippen LogP contribution is 2.33. The van der Waals surface area contributed by atoms with Gasteiger partial charge >= 0.3 is 0 Å². The van der Waals surface area contributed by atoms with Gasteiger partial charge in [0.15, 0.2) is 17.5 Å². The number of methoxy groups -OCH3 is 2. The summed E-state index contributed by atoms with van der Waals surface area (Å²) in [5.41, 5.74) is 1.05. The fraction of sp³-hybridized carbons (Fsp3) is 0.533. The van der Waals surface area contributed by atoms with Crippen LogP contribution in [0.1, 0.15) is 12.5 Å². The van der Waals surface area contributed by atoms with Gasteiger partial charge in [-0.3, -0.25) is 4.99 Å². The number of halogens is 1. The first kappa shape index (κ1) is 18.6. The van der Waals surface area contributed by atoms with Crippen molar-refractivity contribution in [3.05, 3.63) is 22.2 Å². The second-order valence-electron chi connectivity index (χ2n) is 4.35. The highest BCUT2D eigenvalue weighted by Gasteiger charge is 2.10. The van der Waals surface area contributed by atoms with Gasteiger partial charge < -0.3 is 24.8 Å². The summed E-state index contributed by atoms with van der Waals surface area (Å²) in [6.07, 6.45) is 0. The van der Waals surface area contributed by atoms with Crippen LogP contribution >= 0.6 is 15.9 Å². The molecule has 1 aromatic carbocycles. The van der Waals surface area contributed by atoms with Gasteiger partial charge in [-0.15, -0.1) is 0 Å². The van der Waals surface area contributed by atoms with E-state index in [1.807, 2.05) is 19.1 Å². The second kappa shape index (κ2) is 10.3. The van der Waals surface area contributed by atoms with E-state index in [-0.39, 0.29) is 0 Å². The Morgan fingerprint density at radius 3 is 2.45 bits per heavy atom. The van der Waals surface area contributed by atoms with Crippen molar-refractivity contribution in [1.82, 2.24) is 10.6 Å². The van der Waals surface area contributed by atoms with Gasteiger partial charge in [0.1, 0.15) is 0 Å². The highest BCUT2D eigenvalue weighted by molar-refractivity contribution is 9.10. The second-order valence-corrected chi connectivity index (χ2v) is 5.20. The lowest BCUT2D eigenvalue weighted by Crippen LogP contribution is -2.38. The number of hydrogen-bond donors (Lipinski definition) is 2. The van der Waals surface area contributed by atoms with E-state index >= 15 is 0 Å². The van der Waals surface area contributed by atoms with Gasteiger partial charge in [0, 0.05) is 31.2 Å². The summed E-state index contributed by atoms with van der Waals surface area (Å²) in [6.45, 7) is 4.65. The predicted octanol–water partition coefficient (Wildman–Crippen LogP) is 2.17. The maximum absolute atomic E-state index is 5.32. The molecule has 0 aromatic heterocycles. The number of guanidine groups is 1. The first-order valence-corrected chi connectivity index (χ1v) is 7.88. The molecule has 1 rings (SSSR count). The molecule has 0 amide bonds. The van der Waals surface area contributed by atoms with Crippen molar-refractivity contribution in [3.8, 4) is 11.5 Å². The van der Waals surface area contributed by atoms with Crippen LogP contribution in [0.25, 0.3) is 0 Å². The van der Waals surface area contributed by atoms with E-state index in [9.17, 15) is 0 Å². The molecule has 0 aliphatic rings. The molecule has 124 valence electrons. The van der Waals surface area contributed by atoms with Crippen molar-refractivity contribution >= 4 is 21.9 Å². The van der Waals surface area contributed by atoms with E-state index < -0.39 is 0 Å². The van der Waals surface area contributed by atoms with Crippen LogP contribution < -0.4 is 20.1 Å². The van der Waals surface area contributed by atoms with Gasteiger partial charge in [-0.25, -0.2) is 0 Å². The van der Waals surface area contributed by atoms with Crippen molar-refractivity contribution in [3.63, 3.8) is 0 Å². The van der Waals surface area contributed by atoms with Crippen LogP contribution in [-0.4, -0.2) is 47.0 Å². The molecule has 0 aliphatic carbocycles. The van der Waals surface area contributed by atoms with E-state index in [0.29, 0.717) is 37.8 Å². The lowest BCUT2D eigenvalue weighted by atomic mass is 10.2. The quantitative estimate of drug-likeness (QED) is 0.415. The largest absolute Gasteiger partial charge is 0.493 e. The van der Waals surface area contributed by atoms with Crippen LogP contribution in [0.15, 0.2) is 21.6 Å². The third kappa shape index (κ3) is 5.73. The maximum Gasteiger partial charge on any atom is 0.191 e. The minimum atomic E-state index is 0.606. The van der Waals surface area contributed by atoms with Crippen molar-refractivity contribution in [2.24, 2.45) is 4.99 Å². The lowest BCUT2D eigenvalue weighted by Gasteiger charge is -2.15. The first-order chi connectivity index (χ1) is 10.7. The van der Waals surface area contributed by atoms with Gasteiger partial charge in [0.2, 0.25) is 0 Å². The van der Waals surface area contributed by atoms with Crippen molar-refractivity contribution in [2.75, 3.05) is 41.0 Å². The Hall–Kier alpha value is -1.47. The highest BCUT2D eigenvalue weighted by atomic mass is 79.9. The topological polar surface area (TPSA) is 64.1 Å². The molecular formula is C15H24BrN3O3. The molecule has 7 heteroatoms. The molecule has 0 saturated carbocycles. The Kier molecular flexibility index (Phi) is 8.69. The fourth-order valence-electron chi connectivity index (χ4n) is 1.82. The molecule has 6 nitrogen and oxygen atoms in total. The molecular weight excluding hydrogens is 350 g/mol. The van der Waals surface area contributed by atoms with Crippen LogP contribution in [0.4, 0.5) is 0 Å². The lowest BCUT2D eigenvalue weighted by molar-refractivity contribution is 0.152. The predicted molar refractivity (Wildman–Crippen MR) is 91.9 cm³/mol. The summed E-state index contributed by atoms with van der Waals surface area (Å²) in [6, 6.07) is 3.82. The monoisotopic (exact) mass is 373 g/mol. The van der Waals surface area contributed by atoms with Crippen molar-refractivity contribution in [2.45, 2.75) is 13.5 Å². The van der Waals surface area contributed by atoms with E-state index in [2.05, 4.69) is 31.6 Å². The number of rotatable bonds is 8. The molecule has 0 spiro atoms. The van der Waals surface area contributed by atoms with Crippen molar-refractivity contribution < 1.29 is 14.2 Å². The van der Waals surface area contributed by atoms with Crippen LogP contribution in [-0.2, 0) is 11.3 Å². The molecule has 1 aromatic rings. The number of nitrogens with one attached hydrogen (secondary N) is 2. The molecule has 22 heavy (non-hydrogen) atoms. The zero-order valence-corrected chi connectivity index (χ0v) is 15.1. The summed E-state index contributed by atoms with van der Waals surface area (Å²) in [5, 5.41) is 6.44. The van der Waals surface area contributed by atoms with Gasteiger partial charge in [-0.2, -0.15) is 0 Å². The smallest absolute Gasteiger partial charge is 0.191 e. The van der Waals surface area contributed by atoms with Gasteiger partial charge in [0.25, 0.3) is 0 Å². The van der Waals surface area contributed by atoms with Crippen LogP contribution in [0.5, 0.6) is 11.5 Å². The van der Waals surface area contributed by atoms with E-state index in [1.54, 1.807) is 21.3 Å². The summed E-state index contributed by atoms with van der Waals surface area (Å²) >= 11 is 3.54. The molecule has 0 saturated heterocycles. The van der Waals surface area contributed by atoms with Gasteiger partial charge in [0.05, 0.1) is 20.8 Å². The Morgan fingerprint density at radius 2 is 1.86 bits per heavy atom. The van der Waals surface area contributed by atoms with Crippen LogP contribution in [0.3, 0.4) is 0 Å². The standard InChI is InChI=1S/C15H24BrN3O3/c1-5-22-7-6-18-15(17-2)19-10-11-8-13(20-3)14(21-4)9-12(11)16/h8-9H,5-7,10H2,1-4H3,(H2,17,18,19). The number of aliphatic imine (C=N–C) groups is 1. The Labute approximate surface area is 140 Å². The summed E-state index contributed by atoms with van der Waals surface area (Å²) < 4.78 is 16.8. The average molecular weight is 374 g/mol. The third-order valence-corrected chi connectivity index (χ3v) is 3.70. The van der Waals surface area contributed by atoms with Crippen molar-refractivity contribution in [1.29, 1.82) is 0 Å². The van der Waals surface area contributed by atoms with E-state index in [0.717, 1.165) is 16.0 Å². The number of ether oxygens (including phenoxy) is 3. The Bertz CT molecular complexity index is 495. The number of nitrogens with zero attached hydrogens (tertiary/aromatic N) is 1. The molecule has 0 atom stereocenters.